The van der Waals surface area contributed by atoms with E-state index in [-0.39, 0.29) is 17.8 Å². The highest BCUT2D eigenvalue weighted by atomic mass is 16.6. The van der Waals surface area contributed by atoms with Crippen molar-refractivity contribution >= 4 is 12.3 Å². The van der Waals surface area contributed by atoms with Crippen LogP contribution in [0.4, 0.5) is 0 Å². The minimum atomic E-state index is -0.435. The Kier molecular flexibility index (Phi) is 5.12. The maximum absolute atomic E-state index is 11.8. The molecule has 0 amide bonds. The SMILES string of the molecule is C=C1C(CC=O)CCCC1CC(=O)OC(C)(C)C. The highest BCUT2D eigenvalue weighted by Gasteiger charge is 2.28. The molecular formula is C15H24O3. The van der Waals surface area contributed by atoms with Gasteiger partial charge in [0.05, 0.1) is 6.42 Å². The summed E-state index contributed by atoms with van der Waals surface area (Å²) in [6.07, 6.45) is 4.93. The van der Waals surface area contributed by atoms with Crippen molar-refractivity contribution in [3.63, 3.8) is 0 Å². The Morgan fingerprint density at radius 3 is 2.56 bits per heavy atom. The van der Waals surface area contributed by atoms with Crippen LogP contribution in [0.5, 0.6) is 0 Å². The van der Waals surface area contributed by atoms with Crippen molar-refractivity contribution in [2.75, 3.05) is 0 Å². The Balaban J connectivity index is 2.53. The third-order valence-corrected chi connectivity index (χ3v) is 3.37. The second kappa shape index (κ2) is 6.17. The summed E-state index contributed by atoms with van der Waals surface area (Å²) in [7, 11) is 0. The number of hydrogen-bond acceptors (Lipinski definition) is 3. The molecule has 0 aromatic rings. The van der Waals surface area contributed by atoms with Gasteiger partial charge in [-0.2, -0.15) is 0 Å². The smallest absolute Gasteiger partial charge is 0.306 e. The van der Waals surface area contributed by atoms with Crippen LogP contribution in [-0.4, -0.2) is 17.9 Å². The fraction of sp³-hybridized carbons (Fsp3) is 0.733. The molecule has 2 atom stereocenters. The summed E-state index contributed by atoms with van der Waals surface area (Å²) in [6, 6.07) is 0. The standard InChI is InChI=1S/C15H24O3/c1-11-12(8-9-16)6-5-7-13(11)10-14(17)18-15(2,3)4/h9,12-13H,1,5-8,10H2,2-4H3. The number of aldehydes is 1. The molecule has 1 aliphatic carbocycles. The van der Waals surface area contributed by atoms with E-state index in [1.807, 2.05) is 20.8 Å². The molecule has 1 saturated carbocycles. The highest BCUT2D eigenvalue weighted by Crippen LogP contribution is 2.36. The Morgan fingerprint density at radius 1 is 1.39 bits per heavy atom. The van der Waals surface area contributed by atoms with Crippen molar-refractivity contribution in [1.29, 1.82) is 0 Å². The number of carbonyl (C=O) groups excluding carboxylic acids is 2. The van der Waals surface area contributed by atoms with Gasteiger partial charge in [-0.15, -0.1) is 0 Å². The molecule has 3 heteroatoms. The van der Waals surface area contributed by atoms with Gasteiger partial charge in [0.2, 0.25) is 0 Å². The van der Waals surface area contributed by atoms with E-state index >= 15 is 0 Å². The molecule has 0 radical (unpaired) electrons. The molecule has 0 saturated heterocycles. The number of carbonyl (C=O) groups is 2. The molecule has 102 valence electrons. The molecule has 2 unspecified atom stereocenters. The topological polar surface area (TPSA) is 43.4 Å². The van der Waals surface area contributed by atoms with Crippen LogP contribution in [0.25, 0.3) is 0 Å². The number of ether oxygens (including phenoxy) is 1. The van der Waals surface area contributed by atoms with Gasteiger partial charge in [-0.3, -0.25) is 4.79 Å². The molecule has 18 heavy (non-hydrogen) atoms. The Hall–Kier alpha value is -1.12. The number of hydrogen-bond donors (Lipinski definition) is 0. The van der Waals surface area contributed by atoms with Gasteiger partial charge in [0, 0.05) is 6.42 Å². The quantitative estimate of drug-likeness (QED) is 0.438. The van der Waals surface area contributed by atoms with Crippen LogP contribution in [0.1, 0.15) is 52.9 Å². The molecule has 0 bridgehead atoms. The summed E-state index contributed by atoms with van der Waals surface area (Å²) in [5.41, 5.74) is 0.620. The molecule has 0 heterocycles. The van der Waals surface area contributed by atoms with Gasteiger partial charge in [0.1, 0.15) is 11.9 Å². The molecule has 0 N–H and O–H groups in total. The largest absolute Gasteiger partial charge is 0.460 e. The second-order valence-corrected chi connectivity index (χ2v) is 6.09. The van der Waals surface area contributed by atoms with Gasteiger partial charge in [-0.1, -0.05) is 18.6 Å². The van der Waals surface area contributed by atoms with Crippen LogP contribution in [0.15, 0.2) is 12.2 Å². The first-order valence-corrected chi connectivity index (χ1v) is 6.67. The minimum absolute atomic E-state index is 0.166. The maximum atomic E-state index is 11.8. The summed E-state index contributed by atoms with van der Waals surface area (Å²) in [4.78, 5) is 22.4. The van der Waals surface area contributed by atoms with E-state index in [1.165, 1.54) is 0 Å². The Labute approximate surface area is 110 Å². The molecule has 0 spiro atoms. The average molecular weight is 252 g/mol. The first-order chi connectivity index (χ1) is 8.33. The van der Waals surface area contributed by atoms with Gasteiger partial charge in [0.25, 0.3) is 0 Å². The van der Waals surface area contributed by atoms with Crippen molar-refractivity contribution in [2.24, 2.45) is 11.8 Å². The average Bonchev–Trinajstić information content (AvgIpc) is 2.21. The molecule has 1 rings (SSSR count). The van der Waals surface area contributed by atoms with Crippen LogP contribution >= 0.6 is 0 Å². The molecule has 0 aromatic heterocycles. The van der Waals surface area contributed by atoms with Crippen LogP contribution < -0.4 is 0 Å². The fourth-order valence-corrected chi connectivity index (χ4v) is 2.52. The van der Waals surface area contributed by atoms with E-state index in [1.54, 1.807) is 0 Å². The zero-order valence-corrected chi connectivity index (χ0v) is 11.7. The van der Waals surface area contributed by atoms with Gasteiger partial charge >= 0.3 is 5.97 Å². The van der Waals surface area contributed by atoms with Crippen molar-refractivity contribution in [2.45, 2.75) is 58.5 Å². The second-order valence-electron chi connectivity index (χ2n) is 6.09. The summed E-state index contributed by atoms with van der Waals surface area (Å²) < 4.78 is 5.33. The summed E-state index contributed by atoms with van der Waals surface area (Å²) in [5, 5.41) is 0. The third kappa shape index (κ3) is 4.63. The van der Waals surface area contributed by atoms with Crippen LogP contribution in [-0.2, 0) is 14.3 Å². The van der Waals surface area contributed by atoms with Crippen molar-refractivity contribution in [3.8, 4) is 0 Å². The maximum Gasteiger partial charge on any atom is 0.306 e. The fourth-order valence-electron chi connectivity index (χ4n) is 2.52. The van der Waals surface area contributed by atoms with Gasteiger partial charge in [-0.25, -0.2) is 0 Å². The Bertz CT molecular complexity index is 325. The predicted molar refractivity (Wildman–Crippen MR) is 71.1 cm³/mol. The molecule has 1 aliphatic rings. The van der Waals surface area contributed by atoms with E-state index in [0.717, 1.165) is 31.1 Å². The van der Waals surface area contributed by atoms with Crippen molar-refractivity contribution < 1.29 is 14.3 Å². The lowest BCUT2D eigenvalue weighted by Gasteiger charge is -2.31. The van der Waals surface area contributed by atoms with Gasteiger partial charge in [0.15, 0.2) is 0 Å². The first kappa shape index (κ1) is 14.9. The van der Waals surface area contributed by atoms with E-state index in [2.05, 4.69) is 6.58 Å². The lowest BCUT2D eigenvalue weighted by atomic mass is 9.75. The van der Waals surface area contributed by atoms with E-state index in [9.17, 15) is 9.59 Å². The summed E-state index contributed by atoms with van der Waals surface area (Å²) in [6.45, 7) is 9.69. The monoisotopic (exact) mass is 252 g/mol. The Morgan fingerprint density at radius 2 is 2.00 bits per heavy atom. The molecule has 3 nitrogen and oxygen atoms in total. The van der Waals surface area contributed by atoms with E-state index in [4.69, 9.17) is 4.74 Å². The van der Waals surface area contributed by atoms with Crippen molar-refractivity contribution in [3.05, 3.63) is 12.2 Å². The molecule has 0 aliphatic heterocycles. The molecule has 1 fully saturated rings. The summed E-state index contributed by atoms with van der Waals surface area (Å²) >= 11 is 0. The van der Waals surface area contributed by atoms with E-state index < -0.39 is 5.60 Å². The third-order valence-electron chi connectivity index (χ3n) is 3.37. The van der Waals surface area contributed by atoms with Crippen LogP contribution in [0.2, 0.25) is 0 Å². The minimum Gasteiger partial charge on any atom is -0.460 e. The predicted octanol–water partition coefficient (Wildman–Crippen LogP) is 3.28. The normalized spacial score (nSPS) is 24.7. The number of rotatable bonds is 4. The van der Waals surface area contributed by atoms with E-state index in [0.29, 0.717) is 12.8 Å². The lowest BCUT2D eigenvalue weighted by Crippen LogP contribution is -2.27. The lowest BCUT2D eigenvalue weighted by molar-refractivity contribution is -0.155. The molecule has 0 aromatic carbocycles. The highest BCUT2D eigenvalue weighted by molar-refractivity contribution is 5.70. The van der Waals surface area contributed by atoms with Gasteiger partial charge < -0.3 is 9.53 Å². The molecular weight excluding hydrogens is 228 g/mol. The van der Waals surface area contributed by atoms with Crippen LogP contribution in [0.3, 0.4) is 0 Å². The van der Waals surface area contributed by atoms with Crippen molar-refractivity contribution in [1.82, 2.24) is 0 Å². The zero-order valence-electron chi connectivity index (χ0n) is 11.7. The van der Waals surface area contributed by atoms with Crippen LogP contribution in [0, 0.1) is 11.8 Å². The van der Waals surface area contributed by atoms with Gasteiger partial charge in [-0.05, 0) is 45.4 Å². The zero-order chi connectivity index (χ0) is 13.8. The first-order valence-electron chi connectivity index (χ1n) is 6.67. The summed E-state index contributed by atoms with van der Waals surface area (Å²) in [5.74, 6) is 0.266. The number of esters is 1. The number of allylic oxidation sites excluding steroid dienone is 1.